The number of amides is 1. The van der Waals surface area contributed by atoms with Crippen molar-refractivity contribution < 1.29 is 18.9 Å². The lowest BCUT2D eigenvalue weighted by molar-refractivity contribution is -0.827. The molecular weight excluding hydrogens is 324 g/mol. The number of nitrogens with zero attached hydrogens (tertiary/aromatic N) is 2. The third kappa shape index (κ3) is 2.45. The van der Waals surface area contributed by atoms with Gasteiger partial charge in [0.05, 0.1) is 7.05 Å². The van der Waals surface area contributed by atoms with Crippen LogP contribution in [0.4, 0.5) is 4.79 Å². The second-order valence-corrected chi connectivity index (χ2v) is 6.28. The molecule has 20 heavy (non-hydrogen) atoms. The van der Waals surface area contributed by atoms with Crippen LogP contribution in [0.15, 0.2) is 35.5 Å². The standard InChI is InChI=1S/C14H16BrN2O3/c1-17(7-11-12(8-17)20-16-13(11)15)14(18)19-9-10-5-3-2-4-6-10/h2-6,11-12H,7-9H2,1H3/q+1/t11-,12+,17?/m1/s1. The summed E-state index contributed by atoms with van der Waals surface area (Å²) in [4.78, 5) is 17.6. The van der Waals surface area contributed by atoms with Crippen molar-refractivity contribution >= 4 is 26.6 Å². The molecule has 1 fully saturated rings. The Morgan fingerprint density at radius 3 is 2.90 bits per heavy atom. The van der Waals surface area contributed by atoms with E-state index >= 15 is 0 Å². The zero-order valence-corrected chi connectivity index (χ0v) is 12.7. The average Bonchev–Trinajstić information content (AvgIpc) is 2.97. The minimum atomic E-state index is -0.216. The molecule has 1 aromatic carbocycles. The first kappa shape index (κ1) is 13.6. The number of likely N-dealkylation sites (tertiary alicyclic amines) is 1. The fourth-order valence-corrected chi connectivity index (χ4v) is 3.22. The zero-order valence-electron chi connectivity index (χ0n) is 11.2. The van der Waals surface area contributed by atoms with Crippen LogP contribution in [-0.2, 0) is 16.2 Å². The molecule has 0 aliphatic carbocycles. The van der Waals surface area contributed by atoms with Crippen molar-refractivity contribution in [3.05, 3.63) is 35.9 Å². The lowest BCUT2D eigenvalue weighted by Gasteiger charge is -2.25. The number of fused-ring (bicyclic) bond motifs is 1. The maximum Gasteiger partial charge on any atom is 0.516 e. The summed E-state index contributed by atoms with van der Waals surface area (Å²) in [7, 11) is 1.88. The van der Waals surface area contributed by atoms with E-state index in [1.807, 2.05) is 37.4 Å². The molecule has 2 heterocycles. The molecule has 1 saturated heterocycles. The van der Waals surface area contributed by atoms with Gasteiger partial charge in [0.15, 0.2) is 6.10 Å². The predicted molar refractivity (Wildman–Crippen MR) is 77.3 cm³/mol. The average molecular weight is 340 g/mol. The molecule has 106 valence electrons. The fraction of sp³-hybridized carbons (Fsp3) is 0.429. The highest BCUT2D eigenvalue weighted by Crippen LogP contribution is 2.33. The molecule has 2 aliphatic rings. The molecule has 1 amide bonds. The SMILES string of the molecule is C[N+]1(C(=O)OCc2ccccc2)C[C@@H]2ON=C(Br)[C@@H]2C1. The molecule has 5 nitrogen and oxygen atoms in total. The van der Waals surface area contributed by atoms with Gasteiger partial charge in [0.1, 0.15) is 30.2 Å². The number of halogens is 1. The number of likely N-dealkylation sites (N-methyl/N-ethyl adjacent to an activating group) is 1. The summed E-state index contributed by atoms with van der Waals surface area (Å²) in [5.74, 6) is 0.157. The van der Waals surface area contributed by atoms with E-state index in [0.29, 0.717) is 19.7 Å². The van der Waals surface area contributed by atoms with Crippen LogP contribution in [0.25, 0.3) is 0 Å². The van der Waals surface area contributed by atoms with Crippen LogP contribution in [-0.4, -0.2) is 41.4 Å². The van der Waals surface area contributed by atoms with E-state index in [2.05, 4.69) is 21.1 Å². The van der Waals surface area contributed by atoms with Gasteiger partial charge in [-0.2, -0.15) is 4.79 Å². The highest BCUT2D eigenvalue weighted by atomic mass is 79.9. The van der Waals surface area contributed by atoms with Gasteiger partial charge >= 0.3 is 6.09 Å². The van der Waals surface area contributed by atoms with Gasteiger partial charge in [-0.15, -0.1) is 0 Å². The van der Waals surface area contributed by atoms with Gasteiger partial charge in [-0.25, -0.2) is 4.48 Å². The third-order valence-electron chi connectivity index (χ3n) is 3.86. The maximum absolute atomic E-state index is 12.3. The first-order valence-electron chi connectivity index (χ1n) is 6.53. The molecule has 1 unspecified atom stereocenters. The minimum Gasteiger partial charge on any atom is -0.415 e. The molecule has 3 rings (SSSR count). The summed E-state index contributed by atoms with van der Waals surface area (Å²) < 4.78 is 6.46. The Morgan fingerprint density at radius 2 is 2.20 bits per heavy atom. The van der Waals surface area contributed by atoms with Crippen molar-refractivity contribution in [2.24, 2.45) is 11.1 Å². The quantitative estimate of drug-likeness (QED) is 0.778. The normalized spacial score (nSPS) is 31.4. The van der Waals surface area contributed by atoms with E-state index in [1.165, 1.54) is 0 Å². The Kier molecular flexibility index (Phi) is 3.52. The summed E-state index contributed by atoms with van der Waals surface area (Å²) in [6.07, 6.45) is -0.245. The summed E-state index contributed by atoms with van der Waals surface area (Å²) in [6.45, 7) is 1.55. The van der Waals surface area contributed by atoms with Gasteiger partial charge < -0.3 is 9.57 Å². The lowest BCUT2D eigenvalue weighted by atomic mass is 10.1. The Bertz CT molecular complexity index is 549. The number of hydrogen-bond acceptors (Lipinski definition) is 4. The molecule has 3 atom stereocenters. The molecule has 2 aliphatic heterocycles. The second-order valence-electron chi connectivity index (χ2n) is 5.47. The number of ether oxygens (including phenoxy) is 1. The van der Waals surface area contributed by atoms with Crippen molar-refractivity contribution in [2.45, 2.75) is 12.7 Å². The van der Waals surface area contributed by atoms with Crippen LogP contribution in [0.3, 0.4) is 0 Å². The van der Waals surface area contributed by atoms with Gasteiger partial charge in [-0.1, -0.05) is 35.5 Å². The van der Waals surface area contributed by atoms with Crippen LogP contribution in [0, 0.1) is 5.92 Å². The van der Waals surface area contributed by atoms with E-state index in [4.69, 9.17) is 9.57 Å². The number of benzene rings is 1. The number of carbonyl (C=O) groups excluding carboxylic acids is 1. The zero-order chi connectivity index (χ0) is 14.2. The molecule has 0 N–H and O–H groups in total. The Labute approximate surface area is 125 Å². The van der Waals surface area contributed by atoms with Gasteiger partial charge in [-0.05, 0) is 21.5 Å². The van der Waals surface area contributed by atoms with Crippen molar-refractivity contribution in [1.82, 2.24) is 0 Å². The highest BCUT2D eigenvalue weighted by Gasteiger charge is 2.54. The number of quaternary nitrogens is 1. The van der Waals surface area contributed by atoms with Crippen molar-refractivity contribution in [3.63, 3.8) is 0 Å². The summed E-state index contributed by atoms with van der Waals surface area (Å²) >= 11 is 3.38. The summed E-state index contributed by atoms with van der Waals surface area (Å²) in [5.41, 5.74) is 0.992. The first-order chi connectivity index (χ1) is 9.58. The Morgan fingerprint density at radius 1 is 1.45 bits per heavy atom. The fourth-order valence-electron chi connectivity index (χ4n) is 2.70. The van der Waals surface area contributed by atoms with Gasteiger partial charge in [0, 0.05) is 0 Å². The predicted octanol–water partition coefficient (Wildman–Crippen LogP) is 2.51. The van der Waals surface area contributed by atoms with Crippen molar-refractivity contribution in [2.75, 3.05) is 20.1 Å². The number of rotatable bonds is 2. The monoisotopic (exact) mass is 339 g/mol. The molecule has 0 spiro atoms. The van der Waals surface area contributed by atoms with E-state index in [0.717, 1.165) is 10.2 Å². The van der Waals surface area contributed by atoms with Crippen LogP contribution in [0.2, 0.25) is 0 Å². The van der Waals surface area contributed by atoms with Crippen LogP contribution in [0.5, 0.6) is 0 Å². The molecule has 6 heteroatoms. The second kappa shape index (κ2) is 5.18. The van der Waals surface area contributed by atoms with Gasteiger partial charge in [0.2, 0.25) is 0 Å². The largest absolute Gasteiger partial charge is 0.516 e. The molecule has 1 aromatic rings. The topological polar surface area (TPSA) is 47.9 Å². The molecule has 0 aromatic heterocycles. The Hall–Kier alpha value is -1.40. The van der Waals surface area contributed by atoms with Crippen LogP contribution < -0.4 is 0 Å². The number of hydrogen-bond donors (Lipinski definition) is 0. The minimum absolute atomic E-state index is 0.0290. The van der Waals surface area contributed by atoms with Crippen molar-refractivity contribution in [3.8, 4) is 0 Å². The van der Waals surface area contributed by atoms with E-state index in [9.17, 15) is 4.79 Å². The van der Waals surface area contributed by atoms with Crippen LogP contribution >= 0.6 is 15.9 Å². The Balaban J connectivity index is 1.62. The van der Waals surface area contributed by atoms with Crippen LogP contribution in [0.1, 0.15) is 5.56 Å². The number of carbonyl (C=O) groups is 1. The molecule has 0 bridgehead atoms. The summed E-state index contributed by atoms with van der Waals surface area (Å²) in [5, 5.41) is 3.91. The molecule has 0 radical (unpaired) electrons. The molecular formula is C14H16BrN2O3+. The van der Waals surface area contributed by atoms with E-state index < -0.39 is 0 Å². The lowest BCUT2D eigenvalue weighted by Crippen LogP contribution is -2.48. The molecule has 0 saturated carbocycles. The smallest absolute Gasteiger partial charge is 0.415 e. The van der Waals surface area contributed by atoms with Crippen molar-refractivity contribution in [1.29, 1.82) is 0 Å². The van der Waals surface area contributed by atoms with E-state index in [-0.39, 0.29) is 22.6 Å². The van der Waals surface area contributed by atoms with E-state index in [1.54, 1.807) is 0 Å². The summed E-state index contributed by atoms with van der Waals surface area (Å²) in [6, 6.07) is 9.69. The third-order valence-corrected chi connectivity index (χ3v) is 4.59. The first-order valence-corrected chi connectivity index (χ1v) is 7.33. The maximum atomic E-state index is 12.3. The number of oxime groups is 1. The van der Waals surface area contributed by atoms with Gasteiger partial charge in [0.25, 0.3) is 0 Å². The highest BCUT2D eigenvalue weighted by molar-refractivity contribution is 9.18. The van der Waals surface area contributed by atoms with Gasteiger partial charge in [-0.3, -0.25) is 0 Å².